The van der Waals surface area contributed by atoms with Crippen molar-refractivity contribution in [2.75, 3.05) is 38.0 Å². The summed E-state index contributed by atoms with van der Waals surface area (Å²) >= 11 is 6.12. The Morgan fingerprint density at radius 2 is 1.72 bits per heavy atom. The van der Waals surface area contributed by atoms with Crippen molar-refractivity contribution in [2.24, 2.45) is 0 Å². The van der Waals surface area contributed by atoms with Crippen LogP contribution in [0.2, 0.25) is 5.02 Å². The second kappa shape index (κ2) is 10.2. The van der Waals surface area contributed by atoms with Crippen LogP contribution in [0.5, 0.6) is 0 Å². The van der Waals surface area contributed by atoms with Crippen molar-refractivity contribution < 1.29 is 9.59 Å². The van der Waals surface area contributed by atoms with Gasteiger partial charge in [0.25, 0.3) is 0 Å². The molecule has 3 rings (SSSR count). The fourth-order valence-electron chi connectivity index (χ4n) is 3.35. The van der Waals surface area contributed by atoms with Gasteiger partial charge in [0.05, 0.1) is 6.54 Å². The van der Waals surface area contributed by atoms with E-state index >= 15 is 0 Å². The zero-order valence-corrected chi connectivity index (χ0v) is 17.4. The summed E-state index contributed by atoms with van der Waals surface area (Å²) in [5.41, 5.74) is 2.82. The first-order valence-corrected chi connectivity index (χ1v) is 10.3. The minimum atomic E-state index is -0.0362. The number of carbonyl (C=O) groups is 2. The third-order valence-corrected chi connectivity index (χ3v) is 5.38. The summed E-state index contributed by atoms with van der Waals surface area (Å²) in [6.07, 6.45) is 4.18. The summed E-state index contributed by atoms with van der Waals surface area (Å²) in [4.78, 5) is 28.7. The zero-order valence-electron chi connectivity index (χ0n) is 16.6. The molecular formula is C23H26ClN3O2. The van der Waals surface area contributed by atoms with Crippen molar-refractivity contribution in [2.45, 2.75) is 13.3 Å². The molecule has 5 nitrogen and oxygen atoms in total. The molecule has 6 heteroatoms. The Labute approximate surface area is 177 Å². The lowest BCUT2D eigenvalue weighted by Crippen LogP contribution is -2.50. The summed E-state index contributed by atoms with van der Waals surface area (Å²) in [6, 6.07) is 15.3. The fourth-order valence-corrected chi connectivity index (χ4v) is 3.55. The minimum absolute atomic E-state index is 0.0238. The van der Waals surface area contributed by atoms with E-state index in [0.29, 0.717) is 37.7 Å². The molecule has 0 saturated carbocycles. The number of para-hydroxylation sites is 1. The molecule has 0 atom stereocenters. The number of rotatable bonds is 6. The first-order valence-electron chi connectivity index (χ1n) is 9.88. The maximum atomic E-state index is 12.4. The van der Waals surface area contributed by atoms with E-state index in [1.165, 1.54) is 0 Å². The molecule has 0 radical (unpaired) electrons. The first-order chi connectivity index (χ1) is 14.1. The van der Waals surface area contributed by atoms with Gasteiger partial charge in [-0.1, -0.05) is 54.9 Å². The standard InChI is InChI=1S/C23H26ClN3O2/c1-2-18-7-4-6-10-21(18)25-22(28)17-26-13-15-27(16-14-26)23(29)12-11-19-8-3-5-9-20(19)24/h3-12H,2,13-17H2,1H3,(H,25,28)/b12-11+. The SMILES string of the molecule is CCc1ccccc1NC(=O)CN1CCN(C(=O)/C=C/c2ccccc2Cl)CC1. The van der Waals surface area contributed by atoms with Crippen LogP contribution >= 0.6 is 11.6 Å². The number of hydrogen-bond donors (Lipinski definition) is 1. The molecule has 0 aliphatic carbocycles. The van der Waals surface area contributed by atoms with Gasteiger partial charge < -0.3 is 10.2 Å². The molecule has 1 aliphatic rings. The number of carbonyl (C=O) groups excluding carboxylic acids is 2. The van der Waals surface area contributed by atoms with E-state index in [2.05, 4.69) is 17.1 Å². The van der Waals surface area contributed by atoms with Crippen molar-refractivity contribution >= 4 is 35.2 Å². The Morgan fingerprint density at radius 3 is 2.45 bits per heavy atom. The normalized spacial score (nSPS) is 14.9. The number of anilines is 1. The van der Waals surface area contributed by atoms with E-state index in [9.17, 15) is 9.59 Å². The highest BCUT2D eigenvalue weighted by Gasteiger charge is 2.21. The van der Waals surface area contributed by atoms with Gasteiger partial charge in [0.1, 0.15) is 0 Å². The Balaban J connectivity index is 1.47. The van der Waals surface area contributed by atoms with E-state index in [4.69, 9.17) is 11.6 Å². The molecule has 1 aliphatic heterocycles. The minimum Gasteiger partial charge on any atom is -0.337 e. The molecule has 152 valence electrons. The van der Waals surface area contributed by atoms with Crippen LogP contribution in [0.25, 0.3) is 6.08 Å². The number of amides is 2. The highest BCUT2D eigenvalue weighted by molar-refractivity contribution is 6.32. The highest BCUT2D eigenvalue weighted by atomic mass is 35.5. The van der Waals surface area contributed by atoms with Gasteiger partial charge in [0, 0.05) is 43.0 Å². The predicted octanol–water partition coefficient (Wildman–Crippen LogP) is 3.70. The van der Waals surface area contributed by atoms with Gasteiger partial charge in [0.2, 0.25) is 11.8 Å². The number of nitrogens with one attached hydrogen (secondary N) is 1. The smallest absolute Gasteiger partial charge is 0.246 e. The number of halogens is 1. The second-order valence-corrected chi connectivity index (χ2v) is 7.42. The molecule has 1 N–H and O–H groups in total. The fraction of sp³-hybridized carbons (Fsp3) is 0.304. The first kappa shape index (κ1) is 21.1. The average molecular weight is 412 g/mol. The molecule has 29 heavy (non-hydrogen) atoms. The molecule has 0 unspecified atom stereocenters. The van der Waals surface area contributed by atoms with Crippen LogP contribution in [0.3, 0.4) is 0 Å². The Kier molecular flexibility index (Phi) is 7.44. The summed E-state index contributed by atoms with van der Waals surface area (Å²) in [5.74, 6) is -0.0600. The van der Waals surface area contributed by atoms with E-state index in [1.807, 2.05) is 42.5 Å². The maximum absolute atomic E-state index is 12.4. The van der Waals surface area contributed by atoms with Crippen LogP contribution in [0, 0.1) is 0 Å². The Morgan fingerprint density at radius 1 is 1.03 bits per heavy atom. The topological polar surface area (TPSA) is 52.7 Å². The number of nitrogens with zero attached hydrogens (tertiary/aromatic N) is 2. The van der Waals surface area contributed by atoms with Crippen LogP contribution in [0.4, 0.5) is 5.69 Å². The van der Waals surface area contributed by atoms with Crippen molar-refractivity contribution in [3.8, 4) is 0 Å². The van der Waals surface area contributed by atoms with Crippen LogP contribution in [-0.2, 0) is 16.0 Å². The predicted molar refractivity (Wildman–Crippen MR) is 118 cm³/mol. The molecule has 2 amide bonds. The van der Waals surface area contributed by atoms with Crippen LogP contribution < -0.4 is 5.32 Å². The molecule has 0 aromatic heterocycles. The number of piperazine rings is 1. The van der Waals surface area contributed by atoms with Gasteiger partial charge >= 0.3 is 0 Å². The van der Waals surface area contributed by atoms with Crippen molar-refractivity contribution in [3.63, 3.8) is 0 Å². The molecule has 2 aromatic carbocycles. The number of aryl methyl sites for hydroxylation is 1. The van der Waals surface area contributed by atoms with E-state index in [0.717, 1.165) is 23.2 Å². The second-order valence-electron chi connectivity index (χ2n) is 7.02. The van der Waals surface area contributed by atoms with Crippen molar-refractivity contribution in [1.82, 2.24) is 9.80 Å². The summed E-state index contributed by atoms with van der Waals surface area (Å²) in [5, 5.41) is 3.62. The van der Waals surface area contributed by atoms with E-state index < -0.39 is 0 Å². The molecule has 2 aromatic rings. The molecule has 0 bridgehead atoms. The highest BCUT2D eigenvalue weighted by Crippen LogP contribution is 2.17. The molecule has 1 fully saturated rings. The van der Waals surface area contributed by atoms with Gasteiger partial charge in [-0.25, -0.2) is 0 Å². The largest absolute Gasteiger partial charge is 0.337 e. The van der Waals surface area contributed by atoms with Gasteiger partial charge in [-0.05, 0) is 35.8 Å². The number of hydrogen-bond acceptors (Lipinski definition) is 3. The number of benzene rings is 2. The van der Waals surface area contributed by atoms with Crippen molar-refractivity contribution in [1.29, 1.82) is 0 Å². The quantitative estimate of drug-likeness (QED) is 0.737. The maximum Gasteiger partial charge on any atom is 0.246 e. The van der Waals surface area contributed by atoms with E-state index in [-0.39, 0.29) is 11.8 Å². The third kappa shape index (κ3) is 5.92. The van der Waals surface area contributed by atoms with Crippen LogP contribution in [0.1, 0.15) is 18.1 Å². The average Bonchev–Trinajstić information content (AvgIpc) is 2.74. The van der Waals surface area contributed by atoms with Gasteiger partial charge in [0.15, 0.2) is 0 Å². The Hall–Kier alpha value is -2.63. The van der Waals surface area contributed by atoms with Gasteiger partial charge in [-0.15, -0.1) is 0 Å². The van der Waals surface area contributed by atoms with E-state index in [1.54, 1.807) is 23.1 Å². The monoisotopic (exact) mass is 411 g/mol. The lowest BCUT2D eigenvalue weighted by molar-refractivity contribution is -0.127. The molecule has 0 spiro atoms. The molecular weight excluding hydrogens is 386 g/mol. The van der Waals surface area contributed by atoms with Crippen molar-refractivity contribution in [3.05, 3.63) is 70.8 Å². The lowest BCUT2D eigenvalue weighted by Gasteiger charge is -2.33. The zero-order chi connectivity index (χ0) is 20.6. The summed E-state index contributed by atoms with van der Waals surface area (Å²) in [7, 11) is 0. The van der Waals surface area contributed by atoms with Gasteiger partial charge in [-0.2, -0.15) is 0 Å². The molecule has 1 saturated heterocycles. The lowest BCUT2D eigenvalue weighted by atomic mass is 10.1. The van der Waals surface area contributed by atoms with Gasteiger partial charge in [-0.3, -0.25) is 14.5 Å². The Bertz CT molecular complexity index is 889. The van der Waals surface area contributed by atoms with Crippen LogP contribution in [0.15, 0.2) is 54.6 Å². The molecule has 1 heterocycles. The summed E-state index contributed by atoms with van der Waals surface area (Å²) in [6.45, 7) is 4.95. The summed E-state index contributed by atoms with van der Waals surface area (Å²) < 4.78 is 0. The third-order valence-electron chi connectivity index (χ3n) is 5.03. The van der Waals surface area contributed by atoms with Crippen LogP contribution in [-0.4, -0.2) is 54.3 Å².